The number of carbonyl (C=O) groups is 1. The minimum absolute atomic E-state index is 0.0769. The summed E-state index contributed by atoms with van der Waals surface area (Å²) < 4.78 is 25.5. The maximum Gasteiger partial charge on any atom is 0.285 e. The second kappa shape index (κ2) is 5.20. The van der Waals surface area contributed by atoms with Gasteiger partial charge in [-0.3, -0.25) is 4.79 Å². The van der Waals surface area contributed by atoms with E-state index in [1.54, 1.807) is 6.07 Å². The molecular formula is C12H15BrN2O3S. The fraction of sp³-hybridized carbons (Fsp3) is 0.500. The zero-order chi connectivity index (χ0) is 14.2. The molecule has 1 aromatic rings. The Labute approximate surface area is 121 Å². The van der Waals surface area contributed by atoms with Gasteiger partial charge in [0.25, 0.3) is 15.9 Å². The first kappa shape index (κ1) is 14.5. The van der Waals surface area contributed by atoms with E-state index in [1.807, 2.05) is 13.8 Å². The molecule has 2 heterocycles. The first-order valence-electron chi connectivity index (χ1n) is 5.97. The average Bonchev–Trinajstić information content (AvgIpc) is 2.56. The molecule has 104 valence electrons. The maximum absolute atomic E-state index is 12.3. The number of alkyl halides is 1. The van der Waals surface area contributed by atoms with Crippen LogP contribution < -0.4 is 0 Å². The second-order valence-corrected chi connectivity index (χ2v) is 7.28. The highest BCUT2D eigenvalue weighted by Gasteiger charge is 2.43. The molecule has 1 aromatic heterocycles. The topological polar surface area (TPSA) is 67.3 Å². The third-order valence-electron chi connectivity index (χ3n) is 3.30. The summed E-state index contributed by atoms with van der Waals surface area (Å²) in [7, 11) is -3.78. The molecule has 0 spiro atoms. The van der Waals surface area contributed by atoms with Gasteiger partial charge in [0.15, 0.2) is 5.03 Å². The molecule has 1 atom stereocenters. The minimum Gasteiger partial charge on any atom is -0.268 e. The van der Waals surface area contributed by atoms with Crippen LogP contribution in [0.15, 0.2) is 23.4 Å². The highest BCUT2D eigenvalue weighted by Crippen LogP contribution is 2.30. The summed E-state index contributed by atoms with van der Waals surface area (Å²) >= 11 is 3.37. The number of rotatable bonds is 4. The molecule has 0 bridgehead atoms. The minimum atomic E-state index is -3.78. The lowest BCUT2D eigenvalue weighted by Gasteiger charge is -2.23. The Bertz CT molecular complexity index is 601. The van der Waals surface area contributed by atoms with E-state index in [0.717, 1.165) is 4.31 Å². The number of amides is 1. The van der Waals surface area contributed by atoms with Crippen molar-refractivity contribution >= 4 is 31.9 Å². The Morgan fingerprint density at radius 2 is 2.11 bits per heavy atom. The van der Waals surface area contributed by atoms with Crippen molar-refractivity contribution in [2.45, 2.75) is 18.9 Å². The lowest BCUT2D eigenvalue weighted by Crippen LogP contribution is -2.37. The van der Waals surface area contributed by atoms with E-state index >= 15 is 0 Å². The third kappa shape index (κ3) is 2.41. The molecule has 2 rings (SSSR count). The van der Waals surface area contributed by atoms with Crippen LogP contribution in [-0.4, -0.2) is 35.5 Å². The normalized spacial score (nSPS) is 18.7. The summed E-state index contributed by atoms with van der Waals surface area (Å²) in [6.07, 6.45) is 1.39. The maximum atomic E-state index is 12.3. The molecule has 0 aromatic carbocycles. The van der Waals surface area contributed by atoms with Crippen LogP contribution in [0.2, 0.25) is 0 Å². The molecule has 1 aliphatic rings. The van der Waals surface area contributed by atoms with Gasteiger partial charge in [-0.15, -0.1) is 0 Å². The summed E-state index contributed by atoms with van der Waals surface area (Å²) in [5.41, 5.74) is 0.166. The molecular weight excluding hydrogens is 332 g/mol. The fourth-order valence-electron chi connectivity index (χ4n) is 1.94. The van der Waals surface area contributed by atoms with E-state index in [-0.39, 0.29) is 29.0 Å². The summed E-state index contributed by atoms with van der Waals surface area (Å²) in [6, 6.07) is 3.07. The van der Waals surface area contributed by atoms with Crippen molar-refractivity contribution in [3.8, 4) is 0 Å². The van der Waals surface area contributed by atoms with E-state index in [9.17, 15) is 13.2 Å². The number of halogens is 1. The molecule has 0 fully saturated rings. The molecule has 0 radical (unpaired) electrons. The zero-order valence-corrected chi connectivity index (χ0v) is 13.1. The van der Waals surface area contributed by atoms with Gasteiger partial charge < -0.3 is 0 Å². The monoisotopic (exact) mass is 346 g/mol. The molecule has 1 unspecified atom stereocenters. The van der Waals surface area contributed by atoms with Gasteiger partial charge in [0.1, 0.15) is 0 Å². The largest absolute Gasteiger partial charge is 0.285 e. The van der Waals surface area contributed by atoms with Crippen molar-refractivity contribution in [1.82, 2.24) is 9.29 Å². The van der Waals surface area contributed by atoms with Gasteiger partial charge >= 0.3 is 0 Å². The van der Waals surface area contributed by atoms with E-state index < -0.39 is 15.9 Å². The van der Waals surface area contributed by atoms with E-state index in [2.05, 4.69) is 20.9 Å². The first-order chi connectivity index (χ1) is 8.89. The van der Waals surface area contributed by atoms with Crippen LogP contribution in [0.25, 0.3) is 0 Å². The predicted molar refractivity (Wildman–Crippen MR) is 74.6 cm³/mol. The van der Waals surface area contributed by atoms with Crippen molar-refractivity contribution < 1.29 is 13.2 Å². The highest BCUT2D eigenvalue weighted by atomic mass is 79.9. The van der Waals surface area contributed by atoms with Gasteiger partial charge in [-0.2, -0.15) is 8.42 Å². The Hall–Kier alpha value is -0.950. The van der Waals surface area contributed by atoms with Gasteiger partial charge in [0.05, 0.1) is 5.56 Å². The Balaban J connectivity index is 2.38. The zero-order valence-electron chi connectivity index (χ0n) is 10.7. The van der Waals surface area contributed by atoms with Crippen LogP contribution >= 0.6 is 15.9 Å². The van der Waals surface area contributed by atoms with Crippen LogP contribution in [0, 0.1) is 11.8 Å². The van der Waals surface area contributed by atoms with Gasteiger partial charge in [0.2, 0.25) is 0 Å². The van der Waals surface area contributed by atoms with Crippen molar-refractivity contribution in [3.63, 3.8) is 0 Å². The Morgan fingerprint density at radius 3 is 2.63 bits per heavy atom. The van der Waals surface area contributed by atoms with Gasteiger partial charge in [-0.1, -0.05) is 29.8 Å². The fourth-order valence-corrected chi connectivity index (χ4v) is 4.43. The molecule has 0 aliphatic carbocycles. The quantitative estimate of drug-likeness (QED) is 0.780. The first-order valence-corrected chi connectivity index (χ1v) is 8.53. The van der Waals surface area contributed by atoms with E-state index in [0.29, 0.717) is 5.33 Å². The second-order valence-electron chi connectivity index (χ2n) is 4.86. The van der Waals surface area contributed by atoms with Crippen molar-refractivity contribution in [3.05, 3.63) is 23.9 Å². The summed E-state index contributed by atoms with van der Waals surface area (Å²) in [5.74, 6) is -0.123. The lowest BCUT2D eigenvalue weighted by atomic mass is 9.98. The molecule has 7 heteroatoms. The smallest absolute Gasteiger partial charge is 0.268 e. The van der Waals surface area contributed by atoms with Crippen LogP contribution in [-0.2, 0) is 10.0 Å². The summed E-state index contributed by atoms with van der Waals surface area (Å²) in [6.45, 7) is 4.19. The lowest BCUT2D eigenvalue weighted by molar-refractivity contribution is 0.0853. The van der Waals surface area contributed by atoms with Crippen LogP contribution in [0.4, 0.5) is 0 Å². The van der Waals surface area contributed by atoms with Gasteiger partial charge in [-0.05, 0) is 24.0 Å². The number of hydrogen-bond acceptors (Lipinski definition) is 4. The number of fused-ring (bicyclic) bond motifs is 1. The SMILES string of the molecule is CC(C)C(CBr)CN1C(=O)c2cccnc2S1(=O)=O. The summed E-state index contributed by atoms with van der Waals surface area (Å²) in [4.78, 5) is 16.0. The van der Waals surface area contributed by atoms with Crippen LogP contribution in [0.5, 0.6) is 0 Å². The Morgan fingerprint density at radius 1 is 1.42 bits per heavy atom. The van der Waals surface area contributed by atoms with E-state index in [4.69, 9.17) is 0 Å². The molecule has 0 N–H and O–H groups in total. The number of carbonyl (C=O) groups excluding carboxylic acids is 1. The van der Waals surface area contributed by atoms with Crippen LogP contribution in [0.3, 0.4) is 0 Å². The summed E-state index contributed by atoms with van der Waals surface area (Å²) in [5, 5.41) is 0.519. The van der Waals surface area contributed by atoms with Crippen LogP contribution in [0.1, 0.15) is 24.2 Å². The average molecular weight is 347 g/mol. The number of aromatic nitrogens is 1. The Kier molecular flexibility index (Phi) is 3.96. The number of pyridine rings is 1. The number of nitrogens with zero attached hydrogens (tertiary/aromatic N) is 2. The molecule has 1 amide bonds. The van der Waals surface area contributed by atoms with Gasteiger partial charge in [0, 0.05) is 18.1 Å². The third-order valence-corrected chi connectivity index (χ3v) is 5.84. The number of sulfonamides is 1. The molecule has 0 saturated carbocycles. The predicted octanol–water partition coefficient (Wildman–Crippen LogP) is 1.89. The number of hydrogen-bond donors (Lipinski definition) is 0. The highest BCUT2D eigenvalue weighted by molar-refractivity contribution is 9.09. The molecule has 1 aliphatic heterocycles. The van der Waals surface area contributed by atoms with Gasteiger partial charge in [-0.25, -0.2) is 9.29 Å². The van der Waals surface area contributed by atoms with E-state index in [1.165, 1.54) is 12.3 Å². The molecule has 19 heavy (non-hydrogen) atoms. The standard InChI is InChI=1S/C12H15BrN2O3S/c1-8(2)9(6-13)7-15-12(16)10-4-3-5-14-11(10)19(15,17)18/h3-5,8-9H,6-7H2,1-2H3. The van der Waals surface area contributed by atoms with Crippen molar-refractivity contribution in [2.75, 3.05) is 11.9 Å². The molecule has 5 nitrogen and oxygen atoms in total. The molecule has 0 saturated heterocycles. The van der Waals surface area contributed by atoms with Crippen molar-refractivity contribution in [1.29, 1.82) is 0 Å². The van der Waals surface area contributed by atoms with Crippen molar-refractivity contribution in [2.24, 2.45) is 11.8 Å².